The Morgan fingerprint density at radius 2 is 1.55 bits per heavy atom. The van der Waals surface area contributed by atoms with Crippen molar-refractivity contribution in [3.8, 4) is 28.3 Å². The minimum atomic E-state index is -1.04. The van der Waals surface area contributed by atoms with Gasteiger partial charge in [-0.15, -0.1) is 22.0 Å². The molecule has 4 N–H and O–H groups in total. The fourth-order valence-corrected chi connectivity index (χ4v) is 8.79. The van der Waals surface area contributed by atoms with E-state index in [0.717, 1.165) is 61.6 Å². The van der Waals surface area contributed by atoms with Crippen LogP contribution in [0.4, 0.5) is 0 Å². The highest BCUT2D eigenvalue weighted by atomic mass is 35.5. The van der Waals surface area contributed by atoms with Crippen molar-refractivity contribution in [1.29, 1.82) is 0 Å². The molecule has 3 unspecified atom stereocenters. The molecule has 65 heavy (non-hydrogen) atoms. The van der Waals surface area contributed by atoms with E-state index in [1.54, 1.807) is 30.8 Å². The number of aryl methyl sites for hydroxylation is 1. The van der Waals surface area contributed by atoms with Crippen molar-refractivity contribution in [3.63, 3.8) is 0 Å². The number of nitrogens with one attached hydrogen (secondary N) is 3. The van der Waals surface area contributed by atoms with E-state index in [0.29, 0.717) is 46.7 Å². The number of carbonyl (C=O) groups is 2. The zero-order valence-electron chi connectivity index (χ0n) is 36.0. The Hall–Kier alpha value is -6.81. The van der Waals surface area contributed by atoms with Crippen molar-refractivity contribution in [2.45, 2.75) is 75.4 Å². The average Bonchev–Trinajstić information content (AvgIpc) is 4.10. The topological polar surface area (TPSA) is 194 Å². The molecule has 3 aromatic heterocycles. The third-order valence-corrected chi connectivity index (χ3v) is 12.2. The number of carboxylic acid groups (broad SMARTS) is 1. The molecule has 5 aromatic carbocycles. The van der Waals surface area contributed by atoms with Crippen LogP contribution in [0.2, 0.25) is 5.02 Å². The van der Waals surface area contributed by atoms with E-state index in [1.807, 2.05) is 79.7 Å². The fourth-order valence-electron chi connectivity index (χ4n) is 7.44. The summed E-state index contributed by atoms with van der Waals surface area (Å²) < 4.78 is 17.5. The maximum Gasteiger partial charge on any atom is 0.358 e. The summed E-state index contributed by atoms with van der Waals surface area (Å²) in [5.41, 5.74) is 8.19. The van der Waals surface area contributed by atoms with Crippen molar-refractivity contribution < 1.29 is 28.9 Å². The second-order valence-corrected chi connectivity index (χ2v) is 17.1. The zero-order chi connectivity index (χ0) is 45.3. The highest BCUT2D eigenvalue weighted by Crippen LogP contribution is 2.41. The summed E-state index contributed by atoms with van der Waals surface area (Å²) >= 11 is 7.60. The normalized spacial score (nSPS) is 12.8. The van der Waals surface area contributed by atoms with Gasteiger partial charge in [0, 0.05) is 28.3 Å². The van der Waals surface area contributed by atoms with E-state index in [9.17, 15) is 14.7 Å². The Kier molecular flexibility index (Phi) is 14.3. The highest BCUT2D eigenvalue weighted by molar-refractivity contribution is 7.99. The first-order valence-electron chi connectivity index (χ1n) is 21.3. The van der Waals surface area contributed by atoms with Gasteiger partial charge in [0.2, 0.25) is 5.82 Å². The van der Waals surface area contributed by atoms with Gasteiger partial charge in [-0.05, 0) is 102 Å². The lowest BCUT2D eigenvalue weighted by molar-refractivity contribution is -0.151. The summed E-state index contributed by atoms with van der Waals surface area (Å²) in [5, 5.41) is 24.9. The number of aromatic nitrogens is 8. The van der Waals surface area contributed by atoms with E-state index >= 15 is 0 Å². The van der Waals surface area contributed by atoms with Crippen LogP contribution in [-0.4, -0.2) is 70.3 Å². The summed E-state index contributed by atoms with van der Waals surface area (Å²) in [5.74, 6) is 1.02. The monoisotopic (exact) mass is 910 g/mol. The number of ether oxygens (including phenoxy) is 3. The Morgan fingerprint density at radius 1 is 0.831 bits per heavy atom. The number of fused-ring (bicyclic) bond motifs is 1. The predicted molar refractivity (Wildman–Crippen MR) is 249 cm³/mol. The van der Waals surface area contributed by atoms with Crippen LogP contribution >= 0.6 is 23.4 Å². The maximum absolute atomic E-state index is 13.4. The molecule has 0 saturated heterocycles. The number of tetrazole rings is 1. The molecule has 14 nitrogen and oxygen atoms in total. The van der Waals surface area contributed by atoms with Crippen molar-refractivity contribution >= 4 is 46.3 Å². The lowest BCUT2D eigenvalue weighted by Crippen LogP contribution is -2.26. The molecule has 0 aliphatic rings. The summed E-state index contributed by atoms with van der Waals surface area (Å²) in [4.78, 5) is 42.9. The fraction of sp³-hybridized carbons (Fsp3) is 0.245. The molecule has 0 radical (unpaired) electrons. The predicted octanol–water partition coefficient (Wildman–Crippen LogP) is 10.3. The molecule has 0 spiro atoms. The van der Waals surface area contributed by atoms with Crippen LogP contribution in [0.3, 0.4) is 0 Å². The number of hydrogen-bond acceptors (Lipinski definition) is 11. The largest absolute Gasteiger partial charge is 0.483 e. The molecular formula is C49H47ClN8O6S. The number of benzene rings is 5. The molecule has 0 amide bonds. The van der Waals surface area contributed by atoms with Crippen LogP contribution < -0.4 is 4.74 Å². The number of thioether (sulfide) groups is 1. The van der Waals surface area contributed by atoms with Crippen molar-refractivity contribution in [1.82, 2.24) is 40.6 Å². The number of imidazole rings is 2. The SMILES string of the molecule is CCCc1nc(C(=O)OCC)c(C(Cc2ccc(-c3ccccc3-c3nn[nH]n3)cc2)Sc2ccc3nc(C(C)Oc4ccc(CC(OCc5ccc(Cl)cc5)C(=O)O)cc4)[nH]c3c2)[nH]1. The molecule has 8 rings (SSSR count). The Labute approximate surface area is 384 Å². The van der Waals surface area contributed by atoms with Crippen molar-refractivity contribution in [2.24, 2.45) is 0 Å². The molecule has 0 bridgehead atoms. The van der Waals surface area contributed by atoms with Crippen LogP contribution in [0.5, 0.6) is 5.75 Å². The van der Waals surface area contributed by atoms with Crippen molar-refractivity contribution in [2.75, 3.05) is 6.61 Å². The molecule has 3 atom stereocenters. The first-order valence-corrected chi connectivity index (χ1v) is 22.6. The minimum Gasteiger partial charge on any atom is -0.483 e. The van der Waals surface area contributed by atoms with E-state index in [4.69, 9.17) is 35.8 Å². The molecule has 8 aromatic rings. The molecule has 3 heterocycles. The van der Waals surface area contributed by atoms with E-state index < -0.39 is 24.1 Å². The number of halogens is 1. The molecule has 0 saturated carbocycles. The molecule has 0 aliphatic heterocycles. The number of carboxylic acids is 1. The second kappa shape index (κ2) is 20.8. The standard InChI is InChI=1S/C49H47ClN8O6S/c1-4-8-43-53-44(45(54-43)49(61)62-5-2)42(26-31-11-17-33(18-12-31)37-9-6-7-10-38(37)47-55-57-58-56-47)65-36-23-24-39-40(27-36)52-46(51-39)29(3)64-35-21-15-30(16-22-35)25-41(48(59)60)63-28-32-13-19-34(50)20-14-32/h6-7,9-24,27,29,41-42H,4-5,8,25-26,28H2,1-3H3,(H,51,52)(H,53,54)(H,59,60)(H,55,56,57,58). The minimum absolute atomic E-state index is 0.155. The average molecular weight is 911 g/mol. The Bertz CT molecular complexity index is 2850. The van der Waals surface area contributed by atoms with Gasteiger partial charge < -0.3 is 29.3 Å². The number of H-pyrrole nitrogens is 3. The van der Waals surface area contributed by atoms with E-state index in [-0.39, 0.29) is 24.9 Å². The quantitative estimate of drug-likeness (QED) is 0.0418. The number of esters is 1. The maximum atomic E-state index is 13.4. The lowest BCUT2D eigenvalue weighted by atomic mass is 9.97. The summed E-state index contributed by atoms with van der Waals surface area (Å²) in [6.07, 6.45) is 0.884. The summed E-state index contributed by atoms with van der Waals surface area (Å²) in [6.45, 7) is 6.18. The van der Waals surface area contributed by atoms with Crippen LogP contribution in [0.25, 0.3) is 33.5 Å². The van der Waals surface area contributed by atoms with Gasteiger partial charge >= 0.3 is 11.9 Å². The van der Waals surface area contributed by atoms with Gasteiger partial charge in [-0.1, -0.05) is 91.3 Å². The highest BCUT2D eigenvalue weighted by Gasteiger charge is 2.27. The number of aliphatic carboxylic acids is 1. The van der Waals surface area contributed by atoms with Gasteiger partial charge in [0.15, 0.2) is 17.9 Å². The summed E-state index contributed by atoms with van der Waals surface area (Å²) in [6, 6.07) is 36.8. The number of rotatable bonds is 20. The van der Waals surface area contributed by atoms with Crippen LogP contribution in [0, 0.1) is 0 Å². The van der Waals surface area contributed by atoms with E-state index in [1.165, 1.54) is 0 Å². The zero-order valence-corrected chi connectivity index (χ0v) is 37.5. The second-order valence-electron chi connectivity index (χ2n) is 15.4. The first kappa shape index (κ1) is 44.8. The van der Waals surface area contributed by atoms with Crippen molar-refractivity contribution in [3.05, 3.63) is 160 Å². The molecule has 16 heteroatoms. The first-order chi connectivity index (χ1) is 31.6. The van der Waals surface area contributed by atoms with Gasteiger partial charge in [0.25, 0.3) is 0 Å². The Morgan fingerprint density at radius 3 is 2.26 bits per heavy atom. The Balaban J connectivity index is 0.989. The molecule has 0 aliphatic carbocycles. The van der Waals surface area contributed by atoms with Crippen LogP contribution in [0.1, 0.15) is 83.1 Å². The van der Waals surface area contributed by atoms with Gasteiger partial charge in [0.1, 0.15) is 17.4 Å². The van der Waals surface area contributed by atoms with Gasteiger partial charge in [0.05, 0.1) is 35.2 Å². The molecule has 332 valence electrons. The van der Waals surface area contributed by atoms with Crippen LogP contribution in [0.15, 0.2) is 120 Å². The van der Waals surface area contributed by atoms with Gasteiger partial charge in [-0.2, -0.15) is 5.21 Å². The van der Waals surface area contributed by atoms with Gasteiger partial charge in [-0.3, -0.25) is 0 Å². The molecule has 0 fully saturated rings. The van der Waals surface area contributed by atoms with E-state index in [2.05, 4.69) is 67.8 Å². The number of aromatic amines is 3. The smallest absolute Gasteiger partial charge is 0.358 e. The number of hydrogen-bond donors (Lipinski definition) is 4. The molecular weight excluding hydrogens is 864 g/mol. The third-order valence-electron chi connectivity index (χ3n) is 10.7. The lowest BCUT2D eigenvalue weighted by Gasteiger charge is -2.17. The summed E-state index contributed by atoms with van der Waals surface area (Å²) in [7, 11) is 0. The third kappa shape index (κ3) is 11.1. The number of carbonyl (C=O) groups excluding carboxylic acids is 1. The van der Waals surface area contributed by atoms with Crippen LogP contribution in [-0.2, 0) is 40.1 Å². The number of nitrogens with zero attached hydrogens (tertiary/aromatic N) is 5. The van der Waals surface area contributed by atoms with Gasteiger partial charge in [-0.25, -0.2) is 19.6 Å².